The van der Waals surface area contributed by atoms with E-state index in [1.807, 2.05) is 0 Å². The third kappa shape index (κ3) is 1.95. The number of rotatable bonds is 3. The van der Waals surface area contributed by atoms with Crippen molar-refractivity contribution < 1.29 is 0 Å². The average Bonchev–Trinajstić information content (AvgIpc) is 2.95. The zero-order valence-corrected chi connectivity index (χ0v) is 13.9. The first-order chi connectivity index (χ1) is 9.41. The molecule has 3 aliphatic rings. The second-order valence-corrected chi connectivity index (χ2v) is 8.05. The van der Waals surface area contributed by atoms with Gasteiger partial charge < -0.3 is 0 Å². The molecule has 1 heterocycles. The Morgan fingerprint density at radius 3 is 2.25 bits per heavy atom. The Morgan fingerprint density at radius 1 is 1.00 bits per heavy atom. The van der Waals surface area contributed by atoms with E-state index in [1.165, 1.54) is 24.3 Å². The van der Waals surface area contributed by atoms with Crippen LogP contribution in [0.3, 0.4) is 0 Å². The normalized spacial score (nSPS) is 36.0. The second kappa shape index (κ2) is 4.89. The van der Waals surface area contributed by atoms with E-state index < -0.39 is 0 Å². The lowest BCUT2D eigenvalue weighted by Crippen LogP contribution is -2.38. The molecule has 1 aliphatic heterocycles. The van der Waals surface area contributed by atoms with Crippen LogP contribution in [0.5, 0.6) is 0 Å². The maximum absolute atomic E-state index is 4.77. The van der Waals surface area contributed by atoms with Crippen LogP contribution >= 0.6 is 0 Å². The molecule has 112 valence electrons. The summed E-state index contributed by atoms with van der Waals surface area (Å²) in [5.41, 5.74) is 8.04. The fraction of sp³-hybridized carbons (Fsp3) is 0.833. The maximum Gasteiger partial charge on any atom is 0.0482 e. The Morgan fingerprint density at radius 2 is 1.70 bits per heavy atom. The number of hydrogen-bond donors (Lipinski definition) is 1. The van der Waals surface area contributed by atoms with Crippen molar-refractivity contribution in [3.05, 3.63) is 11.3 Å². The van der Waals surface area contributed by atoms with Crippen LogP contribution < -0.4 is 5.43 Å². The minimum absolute atomic E-state index is 0.563. The van der Waals surface area contributed by atoms with Gasteiger partial charge in [-0.15, -0.1) is 0 Å². The Hall–Kier alpha value is -0.790. The van der Waals surface area contributed by atoms with Gasteiger partial charge in [-0.2, -0.15) is 5.10 Å². The van der Waals surface area contributed by atoms with Gasteiger partial charge in [0.2, 0.25) is 0 Å². The summed E-state index contributed by atoms with van der Waals surface area (Å²) in [4.78, 5) is 0. The molecule has 3 rings (SSSR count). The molecule has 2 saturated carbocycles. The summed E-state index contributed by atoms with van der Waals surface area (Å²) in [7, 11) is 0. The van der Waals surface area contributed by atoms with Gasteiger partial charge in [0.05, 0.1) is 0 Å². The van der Waals surface area contributed by atoms with Crippen LogP contribution in [0, 0.1) is 41.4 Å². The van der Waals surface area contributed by atoms with Gasteiger partial charge in [0.15, 0.2) is 0 Å². The fourth-order valence-electron chi connectivity index (χ4n) is 4.94. The van der Waals surface area contributed by atoms with Crippen molar-refractivity contribution in [2.45, 2.75) is 54.4 Å². The standard InChI is InChI=1S/C18H30N2/c1-9(2)13-7-12-8-14(13)16-15(12)17(10(3)4)19-20-18(16)11(5)6/h9-15,20H,7-8H2,1-6H3. The Bertz CT molecular complexity index is 456. The lowest BCUT2D eigenvalue weighted by Gasteiger charge is -2.39. The second-order valence-electron chi connectivity index (χ2n) is 8.05. The first-order valence-corrected chi connectivity index (χ1v) is 8.49. The fourth-order valence-corrected chi connectivity index (χ4v) is 4.94. The average molecular weight is 274 g/mol. The SMILES string of the molecule is CC(C)C1=NNC(C(C)C)=C2C3CC(CC3C(C)C)C12. The lowest BCUT2D eigenvalue weighted by atomic mass is 9.69. The molecule has 0 aromatic rings. The third-order valence-corrected chi connectivity index (χ3v) is 5.81. The first kappa shape index (κ1) is 14.2. The van der Waals surface area contributed by atoms with E-state index in [4.69, 9.17) is 5.10 Å². The molecule has 2 fully saturated rings. The molecule has 2 nitrogen and oxygen atoms in total. The van der Waals surface area contributed by atoms with E-state index in [-0.39, 0.29) is 0 Å². The van der Waals surface area contributed by atoms with Crippen LogP contribution in [0.1, 0.15) is 54.4 Å². The predicted octanol–water partition coefficient (Wildman–Crippen LogP) is 4.44. The van der Waals surface area contributed by atoms with E-state index >= 15 is 0 Å². The smallest absolute Gasteiger partial charge is 0.0482 e. The minimum Gasteiger partial charge on any atom is -0.282 e. The van der Waals surface area contributed by atoms with Crippen LogP contribution in [0.15, 0.2) is 16.4 Å². The summed E-state index contributed by atoms with van der Waals surface area (Å²) in [6, 6.07) is 0. The molecule has 0 saturated heterocycles. The summed E-state index contributed by atoms with van der Waals surface area (Å²) in [6.07, 6.45) is 2.83. The van der Waals surface area contributed by atoms with Crippen molar-refractivity contribution in [3.63, 3.8) is 0 Å². The lowest BCUT2D eigenvalue weighted by molar-refractivity contribution is 0.278. The van der Waals surface area contributed by atoms with Gasteiger partial charge in [-0.05, 0) is 53.9 Å². The van der Waals surface area contributed by atoms with E-state index in [0.717, 1.165) is 23.7 Å². The molecule has 2 heteroatoms. The molecular formula is C18H30N2. The molecule has 20 heavy (non-hydrogen) atoms. The summed E-state index contributed by atoms with van der Waals surface area (Å²) < 4.78 is 0. The van der Waals surface area contributed by atoms with Crippen LogP contribution in [0.2, 0.25) is 0 Å². The molecule has 0 aromatic carbocycles. The third-order valence-electron chi connectivity index (χ3n) is 5.81. The number of hydrogen-bond acceptors (Lipinski definition) is 2. The largest absolute Gasteiger partial charge is 0.282 e. The number of allylic oxidation sites excluding steroid dienone is 2. The Labute approximate surface area is 124 Å². The quantitative estimate of drug-likeness (QED) is 0.808. The number of hydrazone groups is 1. The van der Waals surface area contributed by atoms with Crippen molar-refractivity contribution in [1.82, 2.24) is 5.43 Å². The highest BCUT2D eigenvalue weighted by Crippen LogP contribution is 2.59. The number of nitrogens with one attached hydrogen (secondary N) is 1. The number of nitrogens with zero attached hydrogens (tertiary/aromatic N) is 1. The van der Waals surface area contributed by atoms with Gasteiger partial charge in [-0.25, -0.2) is 0 Å². The molecule has 4 atom stereocenters. The molecule has 2 bridgehead atoms. The molecule has 0 amide bonds. The highest BCUT2D eigenvalue weighted by atomic mass is 15.3. The monoisotopic (exact) mass is 274 g/mol. The van der Waals surface area contributed by atoms with Crippen LogP contribution in [0.25, 0.3) is 0 Å². The summed E-state index contributed by atoms with van der Waals surface area (Å²) in [5.74, 6) is 5.18. The molecule has 4 unspecified atom stereocenters. The molecule has 2 aliphatic carbocycles. The van der Waals surface area contributed by atoms with Gasteiger partial charge in [-0.3, -0.25) is 5.43 Å². The highest BCUT2D eigenvalue weighted by molar-refractivity contribution is 5.92. The van der Waals surface area contributed by atoms with Crippen LogP contribution in [-0.2, 0) is 0 Å². The summed E-state index contributed by atoms with van der Waals surface area (Å²) in [6.45, 7) is 14.0. The van der Waals surface area contributed by atoms with Crippen LogP contribution in [0.4, 0.5) is 0 Å². The van der Waals surface area contributed by atoms with E-state index in [1.54, 1.807) is 5.57 Å². The first-order valence-electron chi connectivity index (χ1n) is 8.49. The zero-order valence-electron chi connectivity index (χ0n) is 13.9. The minimum atomic E-state index is 0.563. The zero-order chi connectivity index (χ0) is 14.6. The molecule has 1 N–H and O–H groups in total. The van der Waals surface area contributed by atoms with Crippen LogP contribution in [-0.4, -0.2) is 5.71 Å². The van der Waals surface area contributed by atoms with Crippen molar-refractivity contribution in [2.24, 2.45) is 46.5 Å². The van der Waals surface area contributed by atoms with Crippen molar-refractivity contribution in [1.29, 1.82) is 0 Å². The van der Waals surface area contributed by atoms with Gasteiger partial charge in [0.25, 0.3) is 0 Å². The molecule has 0 aromatic heterocycles. The Kier molecular flexibility index (Phi) is 3.46. The van der Waals surface area contributed by atoms with E-state index in [2.05, 4.69) is 47.0 Å². The Balaban J connectivity index is 2.01. The summed E-state index contributed by atoms with van der Waals surface area (Å²) >= 11 is 0. The topological polar surface area (TPSA) is 24.4 Å². The predicted molar refractivity (Wildman–Crippen MR) is 85.3 cm³/mol. The van der Waals surface area contributed by atoms with Gasteiger partial charge >= 0.3 is 0 Å². The van der Waals surface area contributed by atoms with Crippen molar-refractivity contribution >= 4 is 5.71 Å². The van der Waals surface area contributed by atoms with Gasteiger partial charge in [-0.1, -0.05) is 41.5 Å². The summed E-state index contributed by atoms with van der Waals surface area (Å²) in [5, 5.41) is 4.77. The van der Waals surface area contributed by atoms with E-state index in [0.29, 0.717) is 17.8 Å². The van der Waals surface area contributed by atoms with Crippen molar-refractivity contribution in [3.8, 4) is 0 Å². The number of fused-ring (bicyclic) bond motifs is 5. The van der Waals surface area contributed by atoms with E-state index in [9.17, 15) is 0 Å². The van der Waals surface area contributed by atoms with Gasteiger partial charge in [0.1, 0.15) is 0 Å². The highest BCUT2D eigenvalue weighted by Gasteiger charge is 2.53. The van der Waals surface area contributed by atoms with Crippen molar-refractivity contribution in [2.75, 3.05) is 0 Å². The molecule has 0 radical (unpaired) electrons. The molecular weight excluding hydrogens is 244 g/mol. The van der Waals surface area contributed by atoms with Gasteiger partial charge in [0, 0.05) is 17.3 Å². The maximum atomic E-state index is 4.77. The molecule has 0 spiro atoms.